The van der Waals surface area contributed by atoms with Gasteiger partial charge >= 0.3 is 11.9 Å². The van der Waals surface area contributed by atoms with Crippen LogP contribution in [0.3, 0.4) is 0 Å². The summed E-state index contributed by atoms with van der Waals surface area (Å²) in [5.41, 5.74) is 4.31. The van der Waals surface area contributed by atoms with Crippen LogP contribution in [0.15, 0.2) is 54.5 Å². The summed E-state index contributed by atoms with van der Waals surface area (Å²) in [5, 5.41) is 11.9. The van der Waals surface area contributed by atoms with Gasteiger partial charge in [-0.25, -0.2) is 14.3 Å². The van der Waals surface area contributed by atoms with Gasteiger partial charge in [-0.3, -0.25) is 4.68 Å². The van der Waals surface area contributed by atoms with Crippen LogP contribution in [-0.2, 0) is 25.6 Å². The van der Waals surface area contributed by atoms with Gasteiger partial charge in [0.1, 0.15) is 5.70 Å². The largest absolute Gasteiger partial charge is 0.466 e. The average Bonchev–Trinajstić information content (AvgIpc) is 3.39. The molecular weight excluding hydrogens is 386 g/mol. The van der Waals surface area contributed by atoms with Crippen molar-refractivity contribution in [2.45, 2.75) is 20.4 Å². The molecule has 0 radical (unpaired) electrons. The number of benzene rings is 1. The van der Waals surface area contributed by atoms with E-state index in [1.165, 1.54) is 14.2 Å². The standard InChI is InChI=1S/C21H23N5O4/c1-5-25-14(2)17(13-22-25)18-10-11-26(24-18)16-8-6-15(7-9-16)23-19(21(28)30-4)12-20(27)29-3/h6-13,23H,5H2,1-4H3/b19-12+. The lowest BCUT2D eigenvalue weighted by Crippen LogP contribution is -2.15. The molecule has 9 heteroatoms. The van der Waals surface area contributed by atoms with E-state index in [4.69, 9.17) is 0 Å². The molecule has 0 bridgehead atoms. The van der Waals surface area contributed by atoms with Crippen LogP contribution >= 0.6 is 0 Å². The molecule has 2 heterocycles. The number of carbonyl (C=O) groups excluding carboxylic acids is 2. The van der Waals surface area contributed by atoms with E-state index >= 15 is 0 Å². The van der Waals surface area contributed by atoms with Gasteiger partial charge in [0, 0.05) is 29.7 Å². The van der Waals surface area contributed by atoms with E-state index in [1.54, 1.807) is 16.8 Å². The van der Waals surface area contributed by atoms with Gasteiger partial charge in [0.2, 0.25) is 0 Å². The fourth-order valence-corrected chi connectivity index (χ4v) is 2.91. The quantitative estimate of drug-likeness (QED) is 0.473. The van der Waals surface area contributed by atoms with Crippen LogP contribution < -0.4 is 5.32 Å². The second kappa shape index (κ2) is 9.08. The zero-order valence-corrected chi connectivity index (χ0v) is 17.2. The minimum atomic E-state index is -0.677. The summed E-state index contributed by atoms with van der Waals surface area (Å²) in [6, 6.07) is 9.16. The maximum absolute atomic E-state index is 11.9. The van der Waals surface area contributed by atoms with Crippen LogP contribution in [0.4, 0.5) is 5.69 Å². The monoisotopic (exact) mass is 409 g/mol. The minimum Gasteiger partial charge on any atom is -0.466 e. The van der Waals surface area contributed by atoms with Gasteiger partial charge in [0.05, 0.1) is 37.9 Å². The third-order valence-corrected chi connectivity index (χ3v) is 4.55. The maximum Gasteiger partial charge on any atom is 0.354 e. The molecule has 9 nitrogen and oxygen atoms in total. The van der Waals surface area contributed by atoms with Gasteiger partial charge in [-0.05, 0) is 44.2 Å². The topological polar surface area (TPSA) is 100 Å². The van der Waals surface area contributed by atoms with Crippen LogP contribution in [0, 0.1) is 6.92 Å². The van der Waals surface area contributed by atoms with Crippen molar-refractivity contribution in [1.29, 1.82) is 0 Å². The Balaban J connectivity index is 1.79. The molecule has 2 aromatic heterocycles. The van der Waals surface area contributed by atoms with E-state index in [2.05, 4.69) is 25.0 Å². The van der Waals surface area contributed by atoms with E-state index in [-0.39, 0.29) is 5.70 Å². The number of esters is 2. The summed E-state index contributed by atoms with van der Waals surface area (Å²) in [4.78, 5) is 23.3. The first-order valence-electron chi connectivity index (χ1n) is 9.30. The van der Waals surface area contributed by atoms with Crippen molar-refractivity contribution in [2.75, 3.05) is 19.5 Å². The SMILES string of the molecule is CCn1ncc(-c2ccn(-c3ccc(N/C(=C/C(=O)OC)C(=O)OC)cc3)n2)c1C. The lowest BCUT2D eigenvalue weighted by molar-refractivity contribution is -0.138. The van der Waals surface area contributed by atoms with Crippen LogP contribution in [0.2, 0.25) is 0 Å². The van der Waals surface area contributed by atoms with Crippen LogP contribution in [-0.4, -0.2) is 45.7 Å². The number of aromatic nitrogens is 4. The molecule has 0 saturated heterocycles. The molecule has 30 heavy (non-hydrogen) atoms. The van der Waals surface area contributed by atoms with Gasteiger partial charge in [0.25, 0.3) is 0 Å². The summed E-state index contributed by atoms with van der Waals surface area (Å²) in [6.07, 6.45) is 4.73. The van der Waals surface area contributed by atoms with Gasteiger partial charge in [0.15, 0.2) is 0 Å². The van der Waals surface area contributed by atoms with Gasteiger partial charge < -0.3 is 14.8 Å². The molecule has 0 aliphatic carbocycles. The molecule has 3 aromatic rings. The summed E-state index contributed by atoms with van der Waals surface area (Å²) in [7, 11) is 2.47. The molecule has 156 valence electrons. The smallest absolute Gasteiger partial charge is 0.354 e. The highest BCUT2D eigenvalue weighted by Crippen LogP contribution is 2.23. The van der Waals surface area contributed by atoms with Crippen molar-refractivity contribution in [3.63, 3.8) is 0 Å². The molecular formula is C21H23N5O4. The highest BCUT2D eigenvalue weighted by atomic mass is 16.5. The van der Waals surface area contributed by atoms with E-state index in [1.807, 2.05) is 49.1 Å². The van der Waals surface area contributed by atoms with E-state index < -0.39 is 11.9 Å². The Morgan fingerprint density at radius 3 is 2.47 bits per heavy atom. The number of aryl methyl sites for hydroxylation is 1. The zero-order chi connectivity index (χ0) is 21.7. The summed E-state index contributed by atoms with van der Waals surface area (Å²) < 4.78 is 12.9. The molecule has 0 atom stereocenters. The fraction of sp³-hybridized carbons (Fsp3) is 0.238. The molecule has 0 amide bonds. The molecule has 3 rings (SSSR count). The highest BCUT2D eigenvalue weighted by molar-refractivity contribution is 5.98. The van der Waals surface area contributed by atoms with Crippen molar-refractivity contribution >= 4 is 17.6 Å². The minimum absolute atomic E-state index is 0.0260. The molecule has 1 N–H and O–H groups in total. The molecule has 0 spiro atoms. The summed E-state index contributed by atoms with van der Waals surface area (Å²) >= 11 is 0. The molecule has 1 aromatic carbocycles. The number of rotatable bonds is 7. The second-order valence-electron chi connectivity index (χ2n) is 6.35. The Morgan fingerprint density at radius 2 is 1.87 bits per heavy atom. The van der Waals surface area contributed by atoms with Crippen molar-refractivity contribution in [2.24, 2.45) is 0 Å². The van der Waals surface area contributed by atoms with Crippen LogP contribution in [0.1, 0.15) is 12.6 Å². The third kappa shape index (κ3) is 4.40. The summed E-state index contributed by atoms with van der Waals surface area (Å²) in [6.45, 7) is 4.87. The Bertz CT molecular complexity index is 1080. The Kier molecular flexibility index (Phi) is 6.31. The lowest BCUT2D eigenvalue weighted by atomic mass is 10.2. The number of anilines is 1. The van der Waals surface area contributed by atoms with Crippen molar-refractivity contribution in [1.82, 2.24) is 19.6 Å². The Morgan fingerprint density at radius 1 is 1.13 bits per heavy atom. The Hall–Kier alpha value is -3.88. The number of methoxy groups -OCH3 is 2. The number of nitrogens with one attached hydrogen (secondary N) is 1. The molecule has 0 saturated carbocycles. The first-order valence-corrected chi connectivity index (χ1v) is 9.30. The summed E-state index contributed by atoms with van der Waals surface area (Å²) in [5.74, 6) is -1.34. The maximum atomic E-state index is 11.9. The van der Waals surface area contributed by atoms with Gasteiger partial charge in [-0.2, -0.15) is 10.2 Å². The predicted octanol–water partition coefficient (Wildman–Crippen LogP) is 2.71. The fourth-order valence-electron chi connectivity index (χ4n) is 2.91. The van der Waals surface area contributed by atoms with Crippen molar-refractivity contribution < 1.29 is 19.1 Å². The molecule has 0 unspecified atom stereocenters. The van der Waals surface area contributed by atoms with Crippen LogP contribution in [0.25, 0.3) is 16.9 Å². The number of carbonyl (C=O) groups is 2. The second-order valence-corrected chi connectivity index (χ2v) is 6.35. The molecule has 0 fully saturated rings. The lowest BCUT2D eigenvalue weighted by Gasteiger charge is -2.10. The normalized spacial score (nSPS) is 11.3. The van der Waals surface area contributed by atoms with Gasteiger partial charge in [-0.15, -0.1) is 0 Å². The van der Waals surface area contributed by atoms with E-state index in [9.17, 15) is 9.59 Å². The average molecular weight is 409 g/mol. The predicted molar refractivity (Wildman–Crippen MR) is 111 cm³/mol. The first-order chi connectivity index (χ1) is 14.5. The molecule has 0 aliphatic rings. The van der Waals surface area contributed by atoms with E-state index in [0.29, 0.717) is 5.69 Å². The molecule has 0 aliphatic heterocycles. The zero-order valence-electron chi connectivity index (χ0n) is 17.2. The first kappa shape index (κ1) is 20.8. The van der Waals surface area contributed by atoms with E-state index in [0.717, 1.165) is 35.3 Å². The third-order valence-electron chi connectivity index (χ3n) is 4.55. The van der Waals surface area contributed by atoms with Crippen LogP contribution in [0.5, 0.6) is 0 Å². The number of hydrogen-bond acceptors (Lipinski definition) is 7. The number of ether oxygens (including phenoxy) is 2. The highest BCUT2D eigenvalue weighted by Gasteiger charge is 2.14. The number of nitrogens with zero attached hydrogens (tertiary/aromatic N) is 4. The van der Waals surface area contributed by atoms with Crippen molar-refractivity contribution in [3.05, 3.63) is 60.2 Å². The van der Waals surface area contributed by atoms with Gasteiger partial charge in [-0.1, -0.05) is 0 Å². The Labute approximate surface area is 173 Å². The number of hydrogen-bond donors (Lipinski definition) is 1. The van der Waals surface area contributed by atoms with Crippen molar-refractivity contribution in [3.8, 4) is 16.9 Å².